The van der Waals surface area contributed by atoms with Crippen molar-refractivity contribution in [2.75, 3.05) is 13.1 Å². The minimum atomic E-state index is -0.742. The van der Waals surface area contributed by atoms with Crippen LogP contribution in [0.1, 0.15) is 28.8 Å². The van der Waals surface area contributed by atoms with Gasteiger partial charge in [0, 0.05) is 29.4 Å². The Morgan fingerprint density at radius 2 is 1.67 bits per heavy atom. The maximum atomic E-state index is 10.2. The SMILES string of the molecule is CB(O)n1c(C#N)cc2cc(C3(Cc4ccccc4)CCN(Cc4ccccc4)C3)ccc21. The van der Waals surface area contributed by atoms with Crippen molar-refractivity contribution >= 4 is 18.0 Å². The first-order valence-corrected chi connectivity index (χ1v) is 11.6. The third-order valence-electron chi connectivity index (χ3n) is 7.01. The smallest absolute Gasteiger partial charge is 0.414 e. The van der Waals surface area contributed by atoms with Gasteiger partial charge in [0.2, 0.25) is 0 Å². The lowest BCUT2D eigenvalue weighted by molar-refractivity contribution is 0.301. The Hall–Kier alpha value is -3.33. The summed E-state index contributed by atoms with van der Waals surface area (Å²) in [6.45, 7) is 4.70. The zero-order valence-corrected chi connectivity index (χ0v) is 19.0. The van der Waals surface area contributed by atoms with Gasteiger partial charge in [0.15, 0.2) is 0 Å². The normalized spacial score (nSPS) is 18.5. The van der Waals surface area contributed by atoms with E-state index in [0.29, 0.717) is 5.69 Å². The van der Waals surface area contributed by atoms with Gasteiger partial charge in [-0.25, -0.2) is 0 Å². The molecule has 5 rings (SSSR count). The maximum absolute atomic E-state index is 10.2. The first-order chi connectivity index (χ1) is 16.1. The minimum absolute atomic E-state index is 0.00403. The molecule has 1 fully saturated rings. The first-order valence-electron chi connectivity index (χ1n) is 11.6. The number of benzene rings is 3. The maximum Gasteiger partial charge on any atom is 0.414 e. The summed E-state index contributed by atoms with van der Waals surface area (Å²) >= 11 is 0. The Morgan fingerprint density at radius 3 is 2.33 bits per heavy atom. The van der Waals surface area contributed by atoms with Crippen LogP contribution >= 0.6 is 0 Å². The van der Waals surface area contributed by atoms with E-state index >= 15 is 0 Å². The van der Waals surface area contributed by atoms with E-state index in [2.05, 4.69) is 89.8 Å². The van der Waals surface area contributed by atoms with E-state index in [1.54, 1.807) is 11.3 Å². The van der Waals surface area contributed by atoms with E-state index in [4.69, 9.17) is 0 Å². The molecule has 2 heterocycles. The molecule has 1 unspecified atom stereocenters. The number of likely N-dealkylation sites (tertiary alicyclic amines) is 1. The Kier molecular flexibility index (Phi) is 5.80. The van der Waals surface area contributed by atoms with E-state index < -0.39 is 7.05 Å². The van der Waals surface area contributed by atoms with E-state index in [1.807, 2.05) is 6.07 Å². The van der Waals surface area contributed by atoms with Crippen LogP contribution < -0.4 is 0 Å². The number of fused-ring (bicyclic) bond motifs is 1. The Labute approximate surface area is 195 Å². The highest BCUT2D eigenvalue weighted by Gasteiger charge is 2.40. The number of rotatable bonds is 6. The van der Waals surface area contributed by atoms with Crippen LogP contribution in [0.5, 0.6) is 0 Å². The molecule has 1 aliphatic rings. The Balaban J connectivity index is 1.53. The number of nitriles is 1. The zero-order valence-electron chi connectivity index (χ0n) is 19.0. The molecule has 3 aromatic carbocycles. The minimum Gasteiger partial charge on any atom is -0.432 e. The molecule has 1 saturated heterocycles. The number of hydrogen-bond donors (Lipinski definition) is 1. The van der Waals surface area contributed by atoms with Gasteiger partial charge in [0.25, 0.3) is 0 Å². The summed E-state index contributed by atoms with van der Waals surface area (Å²) in [5.74, 6) is 0. The molecule has 4 aromatic rings. The van der Waals surface area contributed by atoms with Gasteiger partial charge in [0.1, 0.15) is 11.8 Å². The van der Waals surface area contributed by atoms with Crippen molar-refractivity contribution in [3.8, 4) is 6.07 Å². The summed E-state index contributed by atoms with van der Waals surface area (Å²) in [5.41, 5.74) is 5.39. The van der Waals surface area contributed by atoms with Crippen LogP contribution in [0.4, 0.5) is 0 Å². The van der Waals surface area contributed by atoms with E-state index in [1.165, 1.54) is 16.7 Å². The molecule has 1 aliphatic heterocycles. The molecule has 164 valence electrons. The van der Waals surface area contributed by atoms with Gasteiger partial charge in [-0.1, -0.05) is 66.7 Å². The van der Waals surface area contributed by atoms with Crippen molar-refractivity contribution in [1.82, 2.24) is 9.38 Å². The third kappa shape index (κ3) is 4.20. The molecule has 5 heteroatoms. The molecular formula is C28H28BN3O. The van der Waals surface area contributed by atoms with Crippen LogP contribution in [-0.4, -0.2) is 34.5 Å². The van der Waals surface area contributed by atoms with Crippen molar-refractivity contribution in [3.05, 3.63) is 107 Å². The van der Waals surface area contributed by atoms with Crippen molar-refractivity contribution in [2.45, 2.75) is 31.6 Å². The predicted molar refractivity (Wildman–Crippen MR) is 134 cm³/mol. The summed E-state index contributed by atoms with van der Waals surface area (Å²) in [5, 5.41) is 20.8. The van der Waals surface area contributed by atoms with Crippen molar-refractivity contribution in [1.29, 1.82) is 5.26 Å². The van der Waals surface area contributed by atoms with Crippen LogP contribution in [0.25, 0.3) is 10.9 Å². The van der Waals surface area contributed by atoms with Crippen molar-refractivity contribution < 1.29 is 5.02 Å². The van der Waals surface area contributed by atoms with Crippen LogP contribution in [0, 0.1) is 11.3 Å². The number of hydrogen-bond acceptors (Lipinski definition) is 3. The first kappa shape index (κ1) is 21.5. The van der Waals surface area contributed by atoms with Crippen LogP contribution in [0.2, 0.25) is 6.82 Å². The predicted octanol–water partition coefficient (Wildman–Crippen LogP) is 4.86. The lowest BCUT2D eigenvalue weighted by Crippen LogP contribution is -2.33. The van der Waals surface area contributed by atoms with Gasteiger partial charge in [-0.05, 0) is 61.1 Å². The third-order valence-corrected chi connectivity index (χ3v) is 7.01. The molecule has 0 saturated carbocycles. The number of nitrogens with zero attached hydrogens (tertiary/aromatic N) is 3. The van der Waals surface area contributed by atoms with Gasteiger partial charge in [-0.15, -0.1) is 0 Å². The van der Waals surface area contributed by atoms with E-state index in [9.17, 15) is 10.3 Å². The average molecular weight is 433 g/mol. The highest BCUT2D eigenvalue weighted by molar-refractivity contribution is 6.48. The van der Waals surface area contributed by atoms with Crippen LogP contribution in [0.15, 0.2) is 84.9 Å². The average Bonchev–Trinajstić information content (AvgIpc) is 3.41. The fraction of sp³-hybridized carbons (Fsp3) is 0.250. The summed E-state index contributed by atoms with van der Waals surface area (Å²) in [6, 6.07) is 32.1. The van der Waals surface area contributed by atoms with E-state index in [-0.39, 0.29) is 5.41 Å². The molecule has 1 atom stereocenters. The Morgan fingerprint density at radius 1 is 0.970 bits per heavy atom. The fourth-order valence-electron chi connectivity index (χ4n) is 5.46. The molecule has 0 radical (unpaired) electrons. The lowest BCUT2D eigenvalue weighted by atomic mass is 9.74. The highest BCUT2D eigenvalue weighted by Crippen LogP contribution is 2.40. The lowest BCUT2D eigenvalue weighted by Gasteiger charge is -2.31. The summed E-state index contributed by atoms with van der Waals surface area (Å²) < 4.78 is 1.71. The van der Waals surface area contributed by atoms with Gasteiger partial charge in [-0.3, -0.25) is 4.90 Å². The van der Waals surface area contributed by atoms with Crippen LogP contribution in [0.3, 0.4) is 0 Å². The van der Waals surface area contributed by atoms with Gasteiger partial charge < -0.3 is 9.50 Å². The van der Waals surface area contributed by atoms with Gasteiger partial charge >= 0.3 is 7.05 Å². The molecule has 0 bridgehead atoms. The molecule has 4 nitrogen and oxygen atoms in total. The standard InChI is InChI=1S/C28H28BN3O/c1-29(33)32-26(19-30)17-24-16-25(12-13-27(24)32)28(18-22-8-4-2-5-9-22)14-15-31(21-28)20-23-10-6-3-7-11-23/h2-13,16-17,33H,14-15,18,20-21H2,1H3. The molecular weight excluding hydrogens is 405 g/mol. The highest BCUT2D eigenvalue weighted by atomic mass is 16.2. The zero-order chi connectivity index (χ0) is 22.8. The molecule has 0 spiro atoms. The molecule has 0 aliphatic carbocycles. The molecule has 0 amide bonds. The van der Waals surface area contributed by atoms with E-state index in [0.717, 1.165) is 43.4 Å². The van der Waals surface area contributed by atoms with Crippen LogP contribution in [-0.2, 0) is 18.4 Å². The largest absolute Gasteiger partial charge is 0.432 e. The molecule has 1 aromatic heterocycles. The summed E-state index contributed by atoms with van der Waals surface area (Å²) in [6.07, 6.45) is 2.06. The quantitative estimate of drug-likeness (QED) is 0.442. The van der Waals surface area contributed by atoms with Gasteiger partial charge in [-0.2, -0.15) is 5.26 Å². The monoisotopic (exact) mass is 433 g/mol. The topological polar surface area (TPSA) is 52.2 Å². The summed E-state index contributed by atoms with van der Waals surface area (Å²) in [7, 11) is -0.742. The van der Waals surface area contributed by atoms with Gasteiger partial charge in [0.05, 0.1) is 0 Å². The van der Waals surface area contributed by atoms with Crippen molar-refractivity contribution in [3.63, 3.8) is 0 Å². The van der Waals surface area contributed by atoms with Crippen molar-refractivity contribution in [2.24, 2.45) is 0 Å². The fourth-order valence-corrected chi connectivity index (χ4v) is 5.46. The second kappa shape index (κ2) is 8.90. The molecule has 1 N–H and O–H groups in total. The Bertz CT molecular complexity index is 1290. The second-order valence-electron chi connectivity index (χ2n) is 9.31. The summed E-state index contributed by atoms with van der Waals surface area (Å²) in [4.78, 5) is 2.56. The second-order valence-corrected chi connectivity index (χ2v) is 9.31. The number of aromatic nitrogens is 1. The molecule has 33 heavy (non-hydrogen) atoms.